The quantitative estimate of drug-likeness (QED) is 0.228. The minimum Gasteiger partial charge on any atom is -0.454 e. The van der Waals surface area contributed by atoms with E-state index >= 15 is 0 Å². The van der Waals surface area contributed by atoms with Gasteiger partial charge in [-0.2, -0.15) is 0 Å². The second-order valence-corrected chi connectivity index (χ2v) is 10.9. The number of primary amides is 1. The van der Waals surface area contributed by atoms with E-state index in [1.165, 1.54) is 18.2 Å². The Morgan fingerprint density at radius 1 is 0.976 bits per heavy atom. The topological polar surface area (TPSA) is 143 Å². The highest BCUT2D eigenvalue weighted by Gasteiger charge is 2.25. The van der Waals surface area contributed by atoms with E-state index in [2.05, 4.69) is 24.5 Å². The lowest BCUT2D eigenvalue weighted by molar-refractivity contribution is 0.0755. The van der Waals surface area contributed by atoms with Crippen molar-refractivity contribution in [1.82, 2.24) is 15.5 Å². The van der Waals surface area contributed by atoms with Gasteiger partial charge in [0.25, 0.3) is 11.8 Å². The molecule has 1 aliphatic heterocycles. The Bertz CT molecular complexity index is 1200. The molecule has 0 radical (unpaired) electrons. The smallest absolute Gasteiger partial charge is 0.253 e. The van der Waals surface area contributed by atoms with Crippen molar-refractivity contribution in [2.24, 2.45) is 11.7 Å². The van der Waals surface area contributed by atoms with E-state index in [9.17, 15) is 19.5 Å². The molecule has 0 unspecified atom stereocenters. The minimum absolute atomic E-state index is 0.0668. The summed E-state index contributed by atoms with van der Waals surface area (Å²) < 4.78 is 10.9. The van der Waals surface area contributed by atoms with Gasteiger partial charge in [-0.1, -0.05) is 33.8 Å². The fourth-order valence-electron chi connectivity index (χ4n) is 4.70. The molecule has 1 aliphatic rings. The number of rotatable bonds is 16. The lowest BCUT2D eigenvalue weighted by Crippen LogP contribution is -2.49. The molecule has 224 valence electrons. The van der Waals surface area contributed by atoms with E-state index in [1.807, 2.05) is 26.0 Å². The van der Waals surface area contributed by atoms with Crippen molar-refractivity contribution in [2.75, 3.05) is 33.0 Å². The van der Waals surface area contributed by atoms with Crippen LogP contribution in [0.4, 0.5) is 0 Å². The van der Waals surface area contributed by atoms with Gasteiger partial charge in [0.2, 0.25) is 12.7 Å². The zero-order chi connectivity index (χ0) is 29.9. The molecule has 10 heteroatoms. The zero-order valence-corrected chi connectivity index (χ0v) is 24.6. The summed E-state index contributed by atoms with van der Waals surface area (Å²) in [6.45, 7) is 10.5. The maximum Gasteiger partial charge on any atom is 0.253 e. The van der Waals surface area contributed by atoms with Gasteiger partial charge in [0.1, 0.15) is 0 Å². The first-order chi connectivity index (χ1) is 19.6. The molecule has 0 aliphatic carbocycles. The van der Waals surface area contributed by atoms with Crippen LogP contribution in [-0.2, 0) is 6.42 Å². The highest BCUT2D eigenvalue weighted by Crippen LogP contribution is 2.33. The molecule has 2 atom stereocenters. The Balaban J connectivity index is 1.86. The number of carbonyl (C=O) groups excluding carboxylic acids is 3. The van der Waals surface area contributed by atoms with Crippen LogP contribution in [0.25, 0.3) is 0 Å². The first-order valence-corrected chi connectivity index (χ1v) is 14.4. The molecule has 0 fully saturated rings. The minimum atomic E-state index is -0.915. The van der Waals surface area contributed by atoms with Gasteiger partial charge in [-0.25, -0.2) is 0 Å². The van der Waals surface area contributed by atoms with E-state index in [4.69, 9.17) is 15.2 Å². The number of benzene rings is 2. The van der Waals surface area contributed by atoms with Crippen LogP contribution in [0.2, 0.25) is 0 Å². The van der Waals surface area contributed by atoms with Crippen LogP contribution in [-0.4, -0.2) is 72.8 Å². The molecule has 0 bridgehead atoms. The van der Waals surface area contributed by atoms with Crippen molar-refractivity contribution in [1.29, 1.82) is 0 Å². The summed E-state index contributed by atoms with van der Waals surface area (Å²) in [5.41, 5.74) is 6.81. The van der Waals surface area contributed by atoms with Crippen LogP contribution >= 0.6 is 0 Å². The lowest BCUT2D eigenvalue weighted by atomic mass is 9.99. The van der Waals surface area contributed by atoms with Crippen LogP contribution < -0.4 is 25.8 Å². The van der Waals surface area contributed by atoms with Gasteiger partial charge in [0.05, 0.1) is 12.1 Å². The van der Waals surface area contributed by atoms with Gasteiger partial charge in [-0.3, -0.25) is 14.4 Å². The Hall–Kier alpha value is -3.63. The van der Waals surface area contributed by atoms with Crippen molar-refractivity contribution in [2.45, 2.75) is 65.5 Å². The maximum absolute atomic E-state index is 13.6. The average Bonchev–Trinajstić information content (AvgIpc) is 3.42. The Kier molecular flexibility index (Phi) is 12.0. The highest BCUT2D eigenvalue weighted by atomic mass is 16.7. The molecule has 1 heterocycles. The highest BCUT2D eigenvalue weighted by molar-refractivity contribution is 6.04. The van der Waals surface area contributed by atoms with Gasteiger partial charge in [-0.15, -0.1) is 0 Å². The fourth-order valence-corrected chi connectivity index (χ4v) is 4.70. The van der Waals surface area contributed by atoms with Crippen molar-refractivity contribution in [3.8, 4) is 11.5 Å². The van der Waals surface area contributed by atoms with Gasteiger partial charge in [-0.05, 0) is 74.0 Å². The summed E-state index contributed by atoms with van der Waals surface area (Å²) in [6.07, 6.45) is 1.91. The van der Waals surface area contributed by atoms with Crippen LogP contribution in [0.15, 0.2) is 36.4 Å². The molecule has 0 saturated heterocycles. The van der Waals surface area contributed by atoms with Crippen molar-refractivity contribution in [3.63, 3.8) is 0 Å². The molecule has 0 aromatic heterocycles. The summed E-state index contributed by atoms with van der Waals surface area (Å²) in [7, 11) is 0. The van der Waals surface area contributed by atoms with E-state index in [1.54, 1.807) is 11.0 Å². The number of carbonyl (C=O) groups is 3. The SMILES string of the molecule is CCCN(CCC)C(=O)c1cc(C(N)=O)cc(C(=O)N[C@@H](Cc2ccc3c(c2)OCO3)[C@H](O)CNCCC(C)C)c1. The number of amides is 3. The third-order valence-corrected chi connectivity index (χ3v) is 6.93. The van der Waals surface area contributed by atoms with Crippen molar-refractivity contribution >= 4 is 17.7 Å². The monoisotopic (exact) mass is 568 g/mol. The standard InChI is InChI=1S/C31H44N4O6/c1-5-11-35(12-6-2)31(39)24-16-22(29(32)37)15-23(17-24)30(38)34-25(26(36)18-33-10-9-20(3)4)13-21-7-8-27-28(14-21)41-19-40-27/h7-8,14-17,20,25-26,33,36H,5-6,9-13,18-19H2,1-4H3,(H2,32,37)(H,34,38)/t25-,26+/m0/s1. The van der Waals surface area contributed by atoms with Gasteiger partial charge < -0.3 is 35.8 Å². The van der Waals surface area contributed by atoms with E-state index in [0.717, 1.165) is 31.4 Å². The number of aliphatic hydroxyl groups excluding tert-OH is 1. The maximum atomic E-state index is 13.6. The van der Waals surface area contributed by atoms with Crippen LogP contribution in [0.3, 0.4) is 0 Å². The van der Waals surface area contributed by atoms with Gasteiger partial charge in [0.15, 0.2) is 11.5 Å². The van der Waals surface area contributed by atoms with Crippen molar-refractivity contribution < 1.29 is 29.0 Å². The second kappa shape index (κ2) is 15.4. The Morgan fingerprint density at radius 3 is 2.29 bits per heavy atom. The molecule has 3 rings (SSSR count). The average molecular weight is 569 g/mol. The van der Waals surface area contributed by atoms with Crippen LogP contribution in [0.5, 0.6) is 11.5 Å². The number of aliphatic hydroxyl groups is 1. The van der Waals surface area contributed by atoms with Crippen LogP contribution in [0, 0.1) is 5.92 Å². The summed E-state index contributed by atoms with van der Waals surface area (Å²) >= 11 is 0. The fraction of sp³-hybridized carbons (Fsp3) is 0.516. The number of fused-ring (bicyclic) bond motifs is 1. The third-order valence-electron chi connectivity index (χ3n) is 6.93. The molecule has 3 amide bonds. The summed E-state index contributed by atoms with van der Waals surface area (Å²) in [5, 5.41) is 17.3. The molecule has 2 aromatic carbocycles. The van der Waals surface area contributed by atoms with Gasteiger partial charge >= 0.3 is 0 Å². The molecule has 41 heavy (non-hydrogen) atoms. The first kappa shape index (κ1) is 31.9. The normalized spacial score (nSPS) is 13.6. The number of nitrogens with zero attached hydrogens (tertiary/aromatic N) is 1. The van der Waals surface area contributed by atoms with Crippen molar-refractivity contribution in [3.05, 3.63) is 58.7 Å². The third kappa shape index (κ3) is 9.19. The molecule has 0 saturated carbocycles. The summed E-state index contributed by atoms with van der Waals surface area (Å²) in [5.74, 6) is 0.245. The molecule has 0 spiro atoms. The van der Waals surface area contributed by atoms with E-state index in [-0.39, 0.29) is 35.9 Å². The molecule has 2 aromatic rings. The Morgan fingerprint density at radius 2 is 1.63 bits per heavy atom. The number of nitrogens with one attached hydrogen (secondary N) is 2. The largest absolute Gasteiger partial charge is 0.454 e. The Labute approximate surface area is 242 Å². The van der Waals surface area contributed by atoms with E-state index < -0.39 is 24.0 Å². The number of ether oxygens (including phenoxy) is 2. The molecule has 5 N–H and O–H groups in total. The lowest BCUT2D eigenvalue weighted by Gasteiger charge is -2.26. The molecular formula is C31H44N4O6. The van der Waals surface area contributed by atoms with Crippen LogP contribution in [0.1, 0.15) is 83.6 Å². The first-order valence-electron chi connectivity index (χ1n) is 14.4. The second-order valence-electron chi connectivity index (χ2n) is 10.9. The zero-order valence-electron chi connectivity index (χ0n) is 24.6. The molecule has 10 nitrogen and oxygen atoms in total. The molecular weight excluding hydrogens is 524 g/mol. The summed E-state index contributed by atoms with van der Waals surface area (Å²) in [4.78, 5) is 40.7. The predicted molar refractivity (Wildman–Crippen MR) is 157 cm³/mol. The number of hydrogen-bond acceptors (Lipinski definition) is 7. The van der Waals surface area contributed by atoms with Gasteiger partial charge in [0, 0.05) is 36.3 Å². The predicted octanol–water partition coefficient (Wildman–Crippen LogP) is 3.11. The number of nitrogens with two attached hydrogens (primary N) is 1. The summed E-state index contributed by atoms with van der Waals surface area (Å²) in [6, 6.07) is 9.11. The van der Waals surface area contributed by atoms with E-state index in [0.29, 0.717) is 36.9 Å². The number of hydrogen-bond donors (Lipinski definition) is 4.